The Hall–Kier alpha value is -0.620. The number of rotatable bonds is 6. The number of benzene rings is 1. The van der Waals surface area contributed by atoms with Gasteiger partial charge in [-0.05, 0) is 5.56 Å². The van der Waals surface area contributed by atoms with Gasteiger partial charge in [0.2, 0.25) is 5.91 Å². The Kier molecular flexibility index (Phi) is 6.34. The van der Waals surface area contributed by atoms with Gasteiger partial charge in [-0.3, -0.25) is 4.79 Å². The zero-order chi connectivity index (χ0) is 10.9. The van der Waals surface area contributed by atoms with Crippen molar-refractivity contribution in [2.24, 2.45) is 0 Å². The van der Waals surface area contributed by atoms with Gasteiger partial charge in [-0.25, -0.2) is 0 Å². The monoisotopic (exact) mass is 319 g/mol. The summed E-state index contributed by atoms with van der Waals surface area (Å²) >= 11 is 2.03. The summed E-state index contributed by atoms with van der Waals surface area (Å²) in [6, 6.07) is 9.98. The molecule has 0 saturated carbocycles. The fraction of sp³-hybridized carbons (Fsp3) is 0.364. The van der Waals surface area contributed by atoms with E-state index in [4.69, 9.17) is 4.74 Å². The van der Waals surface area contributed by atoms with Crippen LogP contribution in [0.1, 0.15) is 5.56 Å². The largest absolute Gasteiger partial charge is 0.375 e. The maximum atomic E-state index is 10.9. The van der Waals surface area contributed by atoms with E-state index in [-0.39, 0.29) is 5.91 Å². The van der Waals surface area contributed by atoms with Crippen molar-refractivity contribution in [3.05, 3.63) is 35.9 Å². The molecule has 0 aliphatic carbocycles. The fourth-order valence-corrected chi connectivity index (χ4v) is 1.34. The van der Waals surface area contributed by atoms with Gasteiger partial charge in [0.05, 0.1) is 17.6 Å². The standard InChI is InChI=1S/C11H14INO2/c12-8-11(14)13-6-7-15-9-10-4-2-1-3-5-10/h1-5H,6-9H2,(H,13,14). The lowest BCUT2D eigenvalue weighted by Crippen LogP contribution is -2.27. The molecule has 0 aromatic heterocycles. The highest BCUT2D eigenvalue weighted by atomic mass is 127. The molecule has 4 heteroatoms. The Labute approximate surface area is 103 Å². The first kappa shape index (κ1) is 12.4. The molecule has 0 aliphatic heterocycles. The van der Waals surface area contributed by atoms with Crippen LogP contribution in [0, 0.1) is 0 Å². The highest BCUT2D eigenvalue weighted by Gasteiger charge is 1.96. The molecule has 0 heterocycles. The smallest absolute Gasteiger partial charge is 0.229 e. The summed E-state index contributed by atoms with van der Waals surface area (Å²) in [6.45, 7) is 1.73. The van der Waals surface area contributed by atoms with Gasteiger partial charge in [-0.2, -0.15) is 0 Å². The second kappa shape index (κ2) is 7.64. The van der Waals surface area contributed by atoms with Gasteiger partial charge in [0, 0.05) is 6.54 Å². The zero-order valence-electron chi connectivity index (χ0n) is 8.41. The molecule has 0 unspecified atom stereocenters. The Morgan fingerprint density at radius 3 is 2.73 bits per heavy atom. The van der Waals surface area contributed by atoms with E-state index in [0.717, 1.165) is 5.56 Å². The van der Waals surface area contributed by atoms with E-state index in [9.17, 15) is 4.79 Å². The maximum absolute atomic E-state index is 10.9. The van der Waals surface area contributed by atoms with Gasteiger partial charge >= 0.3 is 0 Å². The van der Waals surface area contributed by atoms with E-state index >= 15 is 0 Å². The summed E-state index contributed by atoms with van der Waals surface area (Å²) in [6.07, 6.45) is 0. The van der Waals surface area contributed by atoms with Crippen LogP contribution < -0.4 is 5.32 Å². The number of alkyl halides is 1. The Morgan fingerprint density at radius 1 is 1.33 bits per heavy atom. The summed E-state index contributed by atoms with van der Waals surface area (Å²) in [5, 5.41) is 2.75. The number of carbonyl (C=O) groups excluding carboxylic acids is 1. The van der Waals surface area contributed by atoms with Crippen LogP contribution in [0.2, 0.25) is 0 Å². The van der Waals surface area contributed by atoms with E-state index in [2.05, 4.69) is 5.32 Å². The Balaban J connectivity index is 2.05. The number of hydrogen-bond acceptors (Lipinski definition) is 2. The maximum Gasteiger partial charge on any atom is 0.229 e. The fourth-order valence-electron chi connectivity index (χ4n) is 1.07. The van der Waals surface area contributed by atoms with Crippen LogP contribution in [-0.4, -0.2) is 23.5 Å². The minimum Gasteiger partial charge on any atom is -0.375 e. The molecular formula is C11H14INO2. The Morgan fingerprint density at radius 2 is 2.07 bits per heavy atom. The molecule has 0 spiro atoms. The lowest BCUT2D eigenvalue weighted by Gasteiger charge is -2.05. The average Bonchev–Trinajstić information content (AvgIpc) is 2.29. The second-order valence-corrected chi connectivity index (χ2v) is 3.78. The molecule has 0 fully saturated rings. The molecule has 15 heavy (non-hydrogen) atoms. The predicted octanol–water partition coefficient (Wildman–Crippen LogP) is 1.75. The lowest BCUT2D eigenvalue weighted by atomic mass is 10.2. The topological polar surface area (TPSA) is 38.3 Å². The highest BCUT2D eigenvalue weighted by molar-refractivity contribution is 14.1. The van der Waals surface area contributed by atoms with Crippen molar-refractivity contribution < 1.29 is 9.53 Å². The first-order valence-corrected chi connectivity index (χ1v) is 6.30. The van der Waals surface area contributed by atoms with Gasteiger partial charge in [-0.1, -0.05) is 52.9 Å². The quantitative estimate of drug-likeness (QED) is 0.493. The SMILES string of the molecule is O=C(CI)NCCOCc1ccccc1. The minimum atomic E-state index is 0.0545. The van der Waals surface area contributed by atoms with Crippen molar-refractivity contribution >= 4 is 28.5 Å². The van der Waals surface area contributed by atoms with Crippen LogP contribution in [0.25, 0.3) is 0 Å². The summed E-state index contributed by atoms with van der Waals surface area (Å²) < 4.78 is 5.89. The van der Waals surface area contributed by atoms with Crippen molar-refractivity contribution in [1.29, 1.82) is 0 Å². The van der Waals surface area contributed by atoms with Gasteiger partial charge in [0.1, 0.15) is 0 Å². The van der Waals surface area contributed by atoms with Crippen molar-refractivity contribution in [2.45, 2.75) is 6.61 Å². The number of hydrogen-bond donors (Lipinski definition) is 1. The van der Waals surface area contributed by atoms with E-state index in [0.29, 0.717) is 24.2 Å². The van der Waals surface area contributed by atoms with Crippen molar-refractivity contribution in [3.8, 4) is 0 Å². The Bertz CT molecular complexity index is 290. The lowest BCUT2D eigenvalue weighted by molar-refractivity contribution is -0.118. The number of nitrogens with one attached hydrogen (secondary N) is 1. The summed E-state index contributed by atoms with van der Waals surface area (Å²) in [5.41, 5.74) is 1.15. The third-order valence-corrected chi connectivity index (χ3v) is 2.49. The number of halogens is 1. The number of ether oxygens (including phenoxy) is 1. The van der Waals surface area contributed by atoms with Crippen LogP contribution in [-0.2, 0) is 16.1 Å². The van der Waals surface area contributed by atoms with Gasteiger partial charge in [0.25, 0.3) is 0 Å². The first-order valence-electron chi connectivity index (χ1n) is 4.77. The third-order valence-electron chi connectivity index (χ3n) is 1.80. The molecule has 1 rings (SSSR count). The third kappa shape index (κ3) is 5.74. The molecule has 1 aromatic rings. The number of carbonyl (C=O) groups is 1. The van der Waals surface area contributed by atoms with Crippen molar-refractivity contribution in [2.75, 3.05) is 17.6 Å². The number of amides is 1. The van der Waals surface area contributed by atoms with Crippen molar-refractivity contribution in [1.82, 2.24) is 5.32 Å². The molecule has 0 radical (unpaired) electrons. The molecule has 0 saturated heterocycles. The predicted molar refractivity (Wildman–Crippen MR) is 68.0 cm³/mol. The molecule has 1 N–H and O–H groups in total. The normalized spacial score (nSPS) is 9.93. The molecule has 1 aromatic carbocycles. The zero-order valence-corrected chi connectivity index (χ0v) is 10.6. The van der Waals surface area contributed by atoms with E-state index in [1.807, 2.05) is 52.9 Å². The average molecular weight is 319 g/mol. The van der Waals surface area contributed by atoms with Crippen LogP contribution in [0.4, 0.5) is 0 Å². The first-order chi connectivity index (χ1) is 7.33. The van der Waals surface area contributed by atoms with E-state index in [1.54, 1.807) is 0 Å². The van der Waals surface area contributed by atoms with Gasteiger partial charge < -0.3 is 10.1 Å². The molecule has 0 bridgehead atoms. The molecular weight excluding hydrogens is 305 g/mol. The molecule has 0 aliphatic rings. The molecule has 3 nitrogen and oxygen atoms in total. The summed E-state index contributed by atoms with van der Waals surface area (Å²) in [7, 11) is 0. The van der Waals surface area contributed by atoms with Gasteiger partial charge in [0.15, 0.2) is 0 Å². The van der Waals surface area contributed by atoms with Crippen LogP contribution in [0.15, 0.2) is 30.3 Å². The van der Waals surface area contributed by atoms with E-state index < -0.39 is 0 Å². The summed E-state index contributed by atoms with van der Waals surface area (Å²) in [4.78, 5) is 10.9. The minimum absolute atomic E-state index is 0.0545. The van der Waals surface area contributed by atoms with Crippen LogP contribution >= 0.6 is 22.6 Å². The van der Waals surface area contributed by atoms with E-state index in [1.165, 1.54) is 0 Å². The second-order valence-electron chi connectivity index (χ2n) is 3.02. The molecule has 0 atom stereocenters. The van der Waals surface area contributed by atoms with Crippen molar-refractivity contribution in [3.63, 3.8) is 0 Å². The van der Waals surface area contributed by atoms with Crippen LogP contribution in [0.3, 0.4) is 0 Å². The molecule has 82 valence electrons. The molecule has 1 amide bonds. The van der Waals surface area contributed by atoms with Crippen LogP contribution in [0.5, 0.6) is 0 Å². The van der Waals surface area contributed by atoms with Gasteiger partial charge in [-0.15, -0.1) is 0 Å². The summed E-state index contributed by atoms with van der Waals surface area (Å²) in [5.74, 6) is 0.0545. The highest BCUT2D eigenvalue weighted by Crippen LogP contribution is 1.99.